The van der Waals surface area contributed by atoms with Gasteiger partial charge >= 0.3 is 11.9 Å². The van der Waals surface area contributed by atoms with Crippen molar-refractivity contribution in [1.29, 1.82) is 0 Å². The van der Waals surface area contributed by atoms with Gasteiger partial charge in [-0.1, -0.05) is 90.9 Å². The third-order valence-electron chi connectivity index (χ3n) is 6.85. The molecule has 3 unspecified atom stereocenters. The van der Waals surface area contributed by atoms with E-state index in [1.807, 2.05) is 0 Å². The van der Waals surface area contributed by atoms with Crippen LogP contribution >= 0.6 is 0 Å². The second-order valence-electron chi connectivity index (χ2n) is 9.51. The number of ether oxygens (including phenoxy) is 3. The minimum Gasteiger partial charge on any atom is -0.465 e. The van der Waals surface area contributed by atoms with Gasteiger partial charge in [-0.05, 0) is 25.7 Å². The molecule has 0 aromatic carbocycles. The molecular formula is C26H46O5. The molecule has 2 saturated heterocycles. The number of esters is 2. The second kappa shape index (κ2) is 14.9. The lowest BCUT2D eigenvalue weighted by Crippen LogP contribution is -2.66. The summed E-state index contributed by atoms with van der Waals surface area (Å²) in [7, 11) is 0. The van der Waals surface area contributed by atoms with Crippen molar-refractivity contribution in [1.82, 2.24) is 0 Å². The van der Waals surface area contributed by atoms with Gasteiger partial charge in [-0.25, -0.2) is 4.79 Å². The van der Waals surface area contributed by atoms with Gasteiger partial charge in [0.25, 0.3) is 0 Å². The molecule has 0 aromatic heterocycles. The van der Waals surface area contributed by atoms with E-state index in [0.717, 1.165) is 32.1 Å². The molecule has 5 heteroatoms. The second-order valence-corrected chi connectivity index (χ2v) is 9.51. The Labute approximate surface area is 190 Å². The molecule has 0 spiro atoms. The first-order valence-electron chi connectivity index (χ1n) is 13.2. The molecule has 180 valence electrons. The highest BCUT2D eigenvalue weighted by atomic mass is 16.6. The molecule has 0 aromatic rings. The van der Waals surface area contributed by atoms with Crippen LogP contribution in [-0.2, 0) is 23.8 Å². The molecule has 3 aliphatic rings. The third kappa shape index (κ3) is 8.40. The molecule has 31 heavy (non-hydrogen) atoms. The van der Waals surface area contributed by atoms with Crippen molar-refractivity contribution < 1.29 is 23.8 Å². The van der Waals surface area contributed by atoms with Crippen molar-refractivity contribution in [2.45, 2.75) is 135 Å². The van der Waals surface area contributed by atoms with E-state index in [9.17, 15) is 9.59 Å². The van der Waals surface area contributed by atoms with E-state index in [4.69, 9.17) is 14.2 Å². The minimum absolute atomic E-state index is 0.0956. The van der Waals surface area contributed by atoms with Crippen LogP contribution in [0.5, 0.6) is 0 Å². The Morgan fingerprint density at radius 3 is 1.77 bits per heavy atom. The molecule has 3 fully saturated rings. The van der Waals surface area contributed by atoms with Crippen LogP contribution in [0.4, 0.5) is 0 Å². The lowest BCUT2D eigenvalue weighted by molar-refractivity contribution is -0.268. The first-order valence-corrected chi connectivity index (χ1v) is 13.2. The summed E-state index contributed by atoms with van der Waals surface area (Å²) in [5, 5.41) is 0. The van der Waals surface area contributed by atoms with Crippen molar-refractivity contribution in [2.24, 2.45) is 5.92 Å². The molecule has 0 amide bonds. The highest BCUT2D eigenvalue weighted by Crippen LogP contribution is 2.49. The number of fused-ring (bicyclic) bond motifs is 2. The maximum Gasteiger partial charge on any atom is 0.339 e. The molecule has 0 radical (unpaired) electrons. The van der Waals surface area contributed by atoms with Crippen LogP contribution in [0, 0.1) is 5.92 Å². The number of hydrogen-bond acceptors (Lipinski definition) is 5. The summed E-state index contributed by atoms with van der Waals surface area (Å²) in [5.74, 6) is -1.15. The predicted octanol–water partition coefficient (Wildman–Crippen LogP) is 6.51. The standard InChI is InChI=1S/C26H46O5/c1-3-5-7-9-11-13-15-19-29-24(27)23-18-17-22-21-26(23,31-22)25(28)30-20-16-14-12-10-8-6-4-2/h22-23H,3-21H2,1-2H3. The van der Waals surface area contributed by atoms with Gasteiger partial charge in [0.2, 0.25) is 0 Å². The van der Waals surface area contributed by atoms with Gasteiger partial charge < -0.3 is 14.2 Å². The normalized spacial score (nSPS) is 24.5. The maximum absolute atomic E-state index is 12.8. The Balaban J connectivity index is 1.64. The Hall–Kier alpha value is -1.10. The predicted molar refractivity (Wildman–Crippen MR) is 123 cm³/mol. The fourth-order valence-corrected chi connectivity index (χ4v) is 4.86. The van der Waals surface area contributed by atoms with E-state index in [1.165, 1.54) is 64.2 Å². The number of hydrogen-bond donors (Lipinski definition) is 0. The molecule has 3 atom stereocenters. The SMILES string of the molecule is CCCCCCCCCOC(=O)C1CCC2CC1(C(=O)OCCCCCCCCC)O2. The Bertz CT molecular complexity index is 512. The summed E-state index contributed by atoms with van der Waals surface area (Å²) in [6.07, 6.45) is 18.7. The van der Waals surface area contributed by atoms with Crippen LogP contribution < -0.4 is 0 Å². The number of unbranched alkanes of at least 4 members (excludes halogenated alkanes) is 12. The molecule has 2 heterocycles. The van der Waals surface area contributed by atoms with Gasteiger partial charge in [0, 0.05) is 6.42 Å². The third-order valence-corrected chi connectivity index (χ3v) is 6.85. The molecule has 1 saturated carbocycles. The first kappa shape index (κ1) is 26.2. The smallest absolute Gasteiger partial charge is 0.339 e. The Kier molecular flexibility index (Phi) is 12.5. The summed E-state index contributed by atoms with van der Waals surface area (Å²) in [5.41, 5.74) is -1.08. The zero-order chi connectivity index (χ0) is 22.4. The fraction of sp³-hybridized carbons (Fsp3) is 0.923. The molecule has 2 aliphatic heterocycles. The summed E-state index contributed by atoms with van der Waals surface area (Å²) in [6, 6.07) is 0. The largest absolute Gasteiger partial charge is 0.465 e. The topological polar surface area (TPSA) is 61.8 Å². The van der Waals surface area contributed by atoms with Crippen LogP contribution in [0.2, 0.25) is 0 Å². The minimum atomic E-state index is -1.08. The van der Waals surface area contributed by atoms with Crippen molar-refractivity contribution in [3.05, 3.63) is 0 Å². The van der Waals surface area contributed by atoms with Crippen LogP contribution in [-0.4, -0.2) is 36.9 Å². The molecular weight excluding hydrogens is 392 g/mol. The zero-order valence-corrected chi connectivity index (χ0v) is 20.1. The molecule has 2 bridgehead atoms. The van der Waals surface area contributed by atoms with Crippen LogP contribution in [0.3, 0.4) is 0 Å². The summed E-state index contributed by atoms with van der Waals surface area (Å²) < 4.78 is 17.0. The van der Waals surface area contributed by atoms with Gasteiger partial charge in [0.1, 0.15) is 0 Å². The lowest BCUT2D eigenvalue weighted by atomic mass is 9.69. The van der Waals surface area contributed by atoms with Crippen molar-refractivity contribution in [3.63, 3.8) is 0 Å². The number of rotatable bonds is 18. The number of carbonyl (C=O) groups excluding carboxylic acids is 2. The highest BCUT2D eigenvalue weighted by Gasteiger charge is 2.63. The molecule has 5 nitrogen and oxygen atoms in total. The quantitative estimate of drug-likeness (QED) is 0.180. The molecule has 3 rings (SSSR count). The Morgan fingerprint density at radius 2 is 1.23 bits per heavy atom. The average molecular weight is 439 g/mol. The van der Waals surface area contributed by atoms with Crippen LogP contribution in [0.25, 0.3) is 0 Å². The summed E-state index contributed by atoms with van der Waals surface area (Å²) >= 11 is 0. The average Bonchev–Trinajstić information content (AvgIpc) is 2.76. The first-order chi connectivity index (χ1) is 15.1. The molecule has 1 aliphatic carbocycles. The highest BCUT2D eigenvalue weighted by molar-refractivity contribution is 5.89. The van der Waals surface area contributed by atoms with E-state index in [-0.39, 0.29) is 18.0 Å². The van der Waals surface area contributed by atoms with Gasteiger partial charge in [-0.2, -0.15) is 0 Å². The van der Waals surface area contributed by atoms with Gasteiger partial charge in [-0.15, -0.1) is 0 Å². The van der Waals surface area contributed by atoms with Crippen LogP contribution in [0.15, 0.2) is 0 Å². The van der Waals surface area contributed by atoms with E-state index < -0.39 is 11.5 Å². The van der Waals surface area contributed by atoms with Crippen molar-refractivity contribution in [3.8, 4) is 0 Å². The maximum atomic E-state index is 12.8. The van der Waals surface area contributed by atoms with Crippen molar-refractivity contribution in [2.75, 3.05) is 13.2 Å². The van der Waals surface area contributed by atoms with Crippen molar-refractivity contribution >= 4 is 11.9 Å². The van der Waals surface area contributed by atoms with E-state index in [2.05, 4.69) is 13.8 Å². The number of carbonyl (C=O) groups is 2. The Morgan fingerprint density at radius 1 is 0.742 bits per heavy atom. The zero-order valence-electron chi connectivity index (χ0n) is 20.1. The summed E-state index contributed by atoms with van der Waals surface area (Å²) in [4.78, 5) is 25.5. The molecule has 0 N–H and O–H groups in total. The lowest BCUT2D eigenvalue weighted by Gasteiger charge is -2.53. The van der Waals surface area contributed by atoms with Gasteiger partial charge in [0.05, 0.1) is 25.2 Å². The van der Waals surface area contributed by atoms with Gasteiger partial charge in [-0.3, -0.25) is 4.79 Å². The van der Waals surface area contributed by atoms with Gasteiger partial charge in [0.15, 0.2) is 5.60 Å². The van der Waals surface area contributed by atoms with E-state index >= 15 is 0 Å². The van der Waals surface area contributed by atoms with E-state index in [1.54, 1.807) is 0 Å². The monoisotopic (exact) mass is 438 g/mol. The fourth-order valence-electron chi connectivity index (χ4n) is 4.86. The summed E-state index contributed by atoms with van der Waals surface area (Å²) in [6.45, 7) is 5.30. The van der Waals surface area contributed by atoms with Crippen LogP contribution in [0.1, 0.15) is 123 Å². The van der Waals surface area contributed by atoms with E-state index in [0.29, 0.717) is 26.1 Å².